The van der Waals surface area contributed by atoms with Crippen molar-refractivity contribution >= 4 is 28.8 Å². The molecule has 2 heterocycles. The number of ether oxygens (including phenoxy) is 5. The number of carboxylic acid groups (broad SMARTS) is 1. The number of furan rings is 1. The molecular weight excluding hydrogens is 492 g/mol. The van der Waals surface area contributed by atoms with Crippen LogP contribution in [0.2, 0.25) is 0 Å². The van der Waals surface area contributed by atoms with E-state index >= 15 is 0 Å². The highest BCUT2D eigenvalue weighted by Crippen LogP contribution is 2.46. The summed E-state index contributed by atoms with van der Waals surface area (Å²) in [5.41, 5.74) is 2.32. The van der Waals surface area contributed by atoms with Gasteiger partial charge >= 0.3 is 5.97 Å². The summed E-state index contributed by atoms with van der Waals surface area (Å²) in [7, 11) is 6.05. The number of carboxylic acids is 1. The number of Topliss-reactive ketones (excluding diaryl/α,β-unsaturated/α-hetero) is 1. The van der Waals surface area contributed by atoms with Gasteiger partial charge in [0.15, 0.2) is 17.3 Å². The molecule has 38 heavy (non-hydrogen) atoms. The first-order valence-corrected chi connectivity index (χ1v) is 11.6. The first kappa shape index (κ1) is 24.8. The summed E-state index contributed by atoms with van der Waals surface area (Å²) >= 11 is 0. The van der Waals surface area contributed by atoms with Crippen molar-refractivity contribution in [3.63, 3.8) is 0 Å². The number of methoxy groups -OCH3 is 4. The molecule has 0 spiro atoms. The molecule has 0 saturated heterocycles. The molecule has 1 aliphatic rings. The first-order valence-electron chi connectivity index (χ1n) is 11.6. The molecule has 4 aromatic rings. The highest BCUT2D eigenvalue weighted by Gasteiger charge is 2.33. The summed E-state index contributed by atoms with van der Waals surface area (Å²) in [5, 5.41) is 10.1. The molecule has 0 aliphatic carbocycles. The second kappa shape index (κ2) is 9.85. The van der Waals surface area contributed by atoms with Gasteiger partial charge in [-0.15, -0.1) is 0 Å². The number of hydrogen-bond donors (Lipinski definition) is 1. The standard InChI is InChI=1S/C29H24O9/c1-33-17-8-5-15(6-9-17)26-19(14-23(30)31)24-20(37-26)12-10-18-25(32)22(38-28(18)24)13-16-7-11-21(34-2)29(36-4)27(16)35-3/h5-13H,14H2,1-4H3,(H,30,31)/b22-13-. The van der Waals surface area contributed by atoms with Crippen LogP contribution in [0.5, 0.6) is 28.7 Å². The van der Waals surface area contributed by atoms with Gasteiger partial charge in [-0.1, -0.05) is 0 Å². The Bertz CT molecular complexity index is 1590. The van der Waals surface area contributed by atoms with E-state index in [1.54, 1.807) is 61.7 Å². The number of carbonyl (C=O) groups excluding carboxylic acids is 1. The fourth-order valence-electron chi connectivity index (χ4n) is 4.56. The van der Waals surface area contributed by atoms with Crippen molar-refractivity contribution in [1.29, 1.82) is 0 Å². The second-order valence-corrected chi connectivity index (χ2v) is 8.39. The van der Waals surface area contributed by atoms with Crippen LogP contribution < -0.4 is 23.7 Å². The van der Waals surface area contributed by atoms with E-state index in [4.69, 9.17) is 28.1 Å². The summed E-state index contributed by atoms with van der Waals surface area (Å²) < 4.78 is 33.7. The van der Waals surface area contributed by atoms with Crippen molar-refractivity contribution in [3.05, 3.63) is 71.0 Å². The minimum atomic E-state index is -1.05. The Kier molecular flexibility index (Phi) is 6.42. The maximum absolute atomic E-state index is 13.4. The summed E-state index contributed by atoms with van der Waals surface area (Å²) in [4.78, 5) is 25.2. The Morgan fingerprint density at radius 2 is 1.63 bits per heavy atom. The van der Waals surface area contributed by atoms with Gasteiger partial charge in [-0.3, -0.25) is 9.59 Å². The zero-order valence-corrected chi connectivity index (χ0v) is 21.1. The normalized spacial score (nSPS) is 13.4. The van der Waals surface area contributed by atoms with Crippen molar-refractivity contribution in [2.75, 3.05) is 28.4 Å². The van der Waals surface area contributed by atoms with Gasteiger partial charge in [0.25, 0.3) is 0 Å². The van der Waals surface area contributed by atoms with Crippen molar-refractivity contribution < 1.29 is 42.8 Å². The highest BCUT2D eigenvalue weighted by molar-refractivity contribution is 6.18. The predicted octanol–water partition coefficient (Wildman–Crippen LogP) is 5.38. The number of carbonyl (C=O) groups is 2. The Hall–Kier alpha value is -4.92. The number of benzene rings is 3. The lowest BCUT2D eigenvalue weighted by Gasteiger charge is -2.14. The van der Waals surface area contributed by atoms with E-state index in [1.807, 2.05) is 0 Å². The molecule has 5 rings (SSSR count). The quantitative estimate of drug-likeness (QED) is 0.308. The minimum Gasteiger partial charge on any atom is -0.497 e. The van der Waals surface area contributed by atoms with Crippen molar-refractivity contribution in [2.24, 2.45) is 0 Å². The monoisotopic (exact) mass is 516 g/mol. The van der Waals surface area contributed by atoms with Crippen LogP contribution in [0.1, 0.15) is 21.5 Å². The molecule has 9 heteroatoms. The van der Waals surface area contributed by atoms with E-state index in [1.165, 1.54) is 21.3 Å². The van der Waals surface area contributed by atoms with Crippen LogP contribution >= 0.6 is 0 Å². The van der Waals surface area contributed by atoms with Gasteiger partial charge in [-0.25, -0.2) is 0 Å². The number of hydrogen-bond acceptors (Lipinski definition) is 8. The molecule has 0 saturated carbocycles. The lowest BCUT2D eigenvalue weighted by molar-refractivity contribution is -0.136. The summed E-state index contributed by atoms with van der Waals surface area (Å²) in [5.74, 6) is 1.14. The zero-order valence-electron chi connectivity index (χ0n) is 21.1. The van der Waals surface area contributed by atoms with Crippen molar-refractivity contribution in [3.8, 4) is 40.1 Å². The molecule has 0 radical (unpaired) electrons. The third kappa shape index (κ3) is 4.07. The summed E-state index contributed by atoms with van der Waals surface area (Å²) in [6.45, 7) is 0. The Balaban J connectivity index is 1.65. The smallest absolute Gasteiger partial charge is 0.307 e. The molecule has 194 valence electrons. The average molecular weight is 517 g/mol. The van der Waals surface area contributed by atoms with E-state index in [2.05, 4.69) is 0 Å². The fourth-order valence-corrected chi connectivity index (χ4v) is 4.56. The topological polar surface area (TPSA) is 114 Å². The van der Waals surface area contributed by atoms with E-state index in [-0.39, 0.29) is 23.7 Å². The number of ketones is 1. The fraction of sp³-hybridized carbons (Fsp3) is 0.172. The van der Waals surface area contributed by atoms with Crippen molar-refractivity contribution in [1.82, 2.24) is 0 Å². The van der Waals surface area contributed by atoms with Crippen LogP contribution in [0.15, 0.2) is 58.7 Å². The summed E-state index contributed by atoms with van der Waals surface area (Å²) in [6.07, 6.45) is 1.22. The highest BCUT2D eigenvalue weighted by atomic mass is 16.5. The molecule has 0 amide bonds. The molecule has 0 fully saturated rings. The SMILES string of the molecule is COc1ccc(-c2oc3ccc4c(c3c2CC(=O)O)O/C(=C\c2ccc(OC)c(OC)c2OC)C4=O)cc1. The van der Waals surface area contributed by atoms with E-state index in [9.17, 15) is 14.7 Å². The molecule has 1 N–H and O–H groups in total. The minimum absolute atomic E-state index is 0.0477. The maximum atomic E-state index is 13.4. The van der Waals surface area contributed by atoms with Crippen LogP contribution in [0.4, 0.5) is 0 Å². The molecule has 0 bridgehead atoms. The van der Waals surface area contributed by atoms with Gasteiger partial charge in [0.1, 0.15) is 22.8 Å². The molecule has 0 unspecified atom stereocenters. The predicted molar refractivity (Wildman–Crippen MR) is 139 cm³/mol. The van der Waals surface area contributed by atoms with Gasteiger partial charge in [-0.2, -0.15) is 0 Å². The van der Waals surface area contributed by atoms with E-state index < -0.39 is 5.97 Å². The number of allylic oxidation sites excluding steroid dienone is 1. The van der Waals surface area contributed by atoms with Crippen LogP contribution in [0.3, 0.4) is 0 Å². The Labute approximate surface area is 217 Å². The van der Waals surface area contributed by atoms with Crippen molar-refractivity contribution in [2.45, 2.75) is 6.42 Å². The van der Waals surface area contributed by atoms with Crippen LogP contribution in [-0.4, -0.2) is 45.3 Å². The van der Waals surface area contributed by atoms with E-state index in [0.29, 0.717) is 62.0 Å². The molecule has 3 aromatic carbocycles. The van der Waals surface area contributed by atoms with Crippen LogP contribution in [0.25, 0.3) is 28.4 Å². The zero-order chi connectivity index (χ0) is 27.0. The first-order chi connectivity index (χ1) is 18.4. The Morgan fingerprint density at radius 1 is 0.895 bits per heavy atom. The number of aliphatic carboxylic acids is 1. The van der Waals surface area contributed by atoms with Crippen LogP contribution in [-0.2, 0) is 11.2 Å². The molecule has 1 aromatic heterocycles. The lowest BCUT2D eigenvalue weighted by atomic mass is 10.00. The van der Waals surface area contributed by atoms with E-state index in [0.717, 1.165) is 0 Å². The second-order valence-electron chi connectivity index (χ2n) is 8.39. The van der Waals surface area contributed by atoms with Gasteiger partial charge in [-0.05, 0) is 54.6 Å². The average Bonchev–Trinajstić information content (AvgIpc) is 3.45. The maximum Gasteiger partial charge on any atom is 0.307 e. The number of rotatable bonds is 8. The molecular formula is C29H24O9. The number of fused-ring (bicyclic) bond motifs is 3. The van der Waals surface area contributed by atoms with Gasteiger partial charge in [0, 0.05) is 16.7 Å². The largest absolute Gasteiger partial charge is 0.497 e. The van der Waals surface area contributed by atoms with Crippen LogP contribution in [0, 0.1) is 0 Å². The van der Waals surface area contributed by atoms with Gasteiger partial charge in [0.05, 0.1) is 45.8 Å². The third-order valence-corrected chi connectivity index (χ3v) is 6.29. The molecule has 9 nitrogen and oxygen atoms in total. The van der Waals surface area contributed by atoms with Gasteiger partial charge in [0.2, 0.25) is 11.5 Å². The third-order valence-electron chi connectivity index (χ3n) is 6.29. The summed E-state index contributed by atoms with van der Waals surface area (Å²) in [6, 6.07) is 13.8. The lowest BCUT2D eigenvalue weighted by Crippen LogP contribution is -2.01. The Morgan fingerprint density at radius 3 is 2.26 bits per heavy atom. The molecule has 0 atom stereocenters. The molecule has 1 aliphatic heterocycles. The van der Waals surface area contributed by atoms with Gasteiger partial charge < -0.3 is 33.2 Å².